The molecular weight excluding hydrogens is 1670 g/mol. The third-order valence-corrected chi connectivity index (χ3v) is 14.9. The van der Waals surface area contributed by atoms with Crippen molar-refractivity contribution in [2.45, 2.75) is 24.7 Å². The summed E-state index contributed by atoms with van der Waals surface area (Å²) in [7, 11) is 9.88. The van der Waals surface area contributed by atoms with Gasteiger partial charge in [0.05, 0.1) is 70.1 Å². The first kappa shape index (κ1) is 95.6. The van der Waals surface area contributed by atoms with Gasteiger partial charge in [-0.3, -0.25) is 14.4 Å². The second-order valence-electron chi connectivity index (χ2n) is 21.3. The average molecular weight is 1720 g/mol. The standard InChI is InChI=1S/C22H15ClF3NO3.C21H13ClF3NO3.C14H13NO2.C8H3Cl2F3O.C8H4ClF3O2.Cl2OS.K.H2O/c1-30-21(29)18-8-7-14(13-5-3-2-4-6-13)11-19(18)27-20(28)15-9-16(22(24,25)26)12-17(23)10-15;22-16-9-14(8-15(11-16)21(23,24)25)19(27)26-18-10-13(6-7-17(18)20(28)29)12-4-2-1-3-5-12;1-17-14(16)12-8-7-11(9-13(12)15)10-5-3-2-4-6-10;9-6-2-4(7(10)14)1-5(3-6)8(11,12)13;9-6-2-4(7(13)14)1-5(3-6)8(10,11)12;1-4(2)3;;/h2-12H,1H3,(H,27,28);1-11H,(H,26,27)(H,28,29);2-9H,15H2,1H3;1-3H;1-3H,(H,13,14);;;1H2/q;;;;;;+1;/p-1. The molecule has 0 aliphatic carbocycles. The van der Waals surface area contributed by atoms with E-state index in [1.165, 1.54) is 32.4 Å². The Hall–Kier alpha value is -8.57. The molecule has 10 rings (SSSR count). The van der Waals surface area contributed by atoms with Gasteiger partial charge in [-0.25, -0.2) is 23.4 Å². The maximum atomic E-state index is 13.0. The number of hydrogen-bond acceptors (Lipinski definition) is 12. The largest absolute Gasteiger partial charge is 1.00 e. The number of aromatic carboxylic acids is 2. The van der Waals surface area contributed by atoms with Gasteiger partial charge in [0, 0.05) is 63.8 Å². The van der Waals surface area contributed by atoms with E-state index in [0.717, 1.165) is 58.7 Å². The summed E-state index contributed by atoms with van der Waals surface area (Å²) in [5.74, 6) is -5.61. The van der Waals surface area contributed by atoms with Crippen molar-refractivity contribution < 1.29 is 167 Å². The normalized spacial score (nSPS) is 10.7. The van der Waals surface area contributed by atoms with Crippen molar-refractivity contribution in [3.8, 4) is 33.4 Å². The van der Waals surface area contributed by atoms with Gasteiger partial charge in [-0.1, -0.05) is 156 Å². The zero-order valence-electron chi connectivity index (χ0n) is 55.9. The van der Waals surface area contributed by atoms with Crippen LogP contribution >= 0.6 is 79.4 Å². The number of ether oxygens (including phenoxy) is 2. The van der Waals surface area contributed by atoms with E-state index in [1.807, 2.05) is 72.8 Å². The quantitative estimate of drug-likeness (QED) is 0.0250. The van der Waals surface area contributed by atoms with Gasteiger partial charge < -0.3 is 41.5 Å². The van der Waals surface area contributed by atoms with Crippen LogP contribution in [0.4, 0.5) is 69.7 Å². The molecule has 37 heteroatoms. The van der Waals surface area contributed by atoms with Crippen LogP contribution in [0.2, 0.25) is 20.1 Å². The van der Waals surface area contributed by atoms with E-state index in [2.05, 4.69) is 36.7 Å². The molecule has 0 spiro atoms. The molecule has 16 nitrogen and oxygen atoms in total. The molecule has 0 saturated carbocycles. The van der Waals surface area contributed by atoms with Crippen LogP contribution in [0.5, 0.6) is 0 Å². The van der Waals surface area contributed by atoms with Crippen molar-refractivity contribution in [3.05, 3.63) is 300 Å². The Morgan fingerprint density at radius 2 is 0.655 bits per heavy atom. The summed E-state index contributed by atoms with van der Waals surface area (Å²) in [4.78, 5) is 81.2. The van der Waals surface area contributed by atoms with E-state index in [1.54, 1.807) is 54.6 Å². The van der Waals surface area contributed by atoms with E-state index in [4.69, 9.17) is 77.8 Å². The number of methoxy groups -OCH3 is 2. The first-order valence-corrected chi connectivity index (χ1v) is 34.1. The number of carboxylic acid groups (broad SMARTS) is 2. The number of rotatable bonds is 12. The minimum Gasteiger partial charge on any atom is -0.870 e. The third kappa shape index (κ3) is 30.3. The molecule has 0 atom stereocenters. The second-order valence-corrected chi connectivity index (χ2v) is 25.9. The summed E-state index contributed by atoms with van der Waals surface area (Å²) in [5.41, 5.74) is 5.98. The van der Waals surface area contributed by atoms with Crippen LogP contribution < -0.4 is 67.8 Å². The topological polar surface area (TPSA) is 276 Å². The third-order valence-electron chi connectivity index (χ3n) is 13.8. The summed E-state index contributed by atoms with van der Waals surface area (Å²) in [6, 6.07) is 52.0. The Bertz CT molecular complexity index is 4860. The molecular formula is C73H49Cl7F12KN3O13S. The molecule has 0 bridgehead atoms. The molecule has 0 aromatic heterocycles. The van der Waals surface area contributed by atoms with Crippen LogP contribution in [0.1, 0.15) is 94.8 Å². The number of esters is 2. The number of carboxylic acids is 2. The minimum atomic E-state index is -4.68. The molecule has 10 aromatic rings. The maximum Gasteiger partial charge on any atom is 1.00 e. The number of halogens is 19. The number of nitrogen functional groups attached to an aromatic ring is 1. The number of nitrogens with one attached hydrogen (secondary N) is 2. The Morgan fingerprint density at radius 1 is 0.382 bits per heavy atom. The van der Waals surface area contributed by atoms with Crippen molar-refractivity contribution in [3.63, 3.8) is 0 Å². The number of alkyl halides is 12. The van der Waals surface area contributed by atoms with Crippen LogP contribution in [-0.4, -0.2) is 75.1 Å². The van der Waals surface area contributed by atoms with Crippen LogP contribution in [-0.2, 0) is 43.4 Å². The monoisotopic (exact) mass is 1720 g/mol. The van der Waals surface area contributed by atoms with Gasteiger partial charge in [0.1, 0.15) is 0 Å². The Labute approximate surface area is 695 Å². The smallest absolute Gasteiger partial charge is 0.870 e. The number of nitrogens with two attached hydrogens (primary N) is 1. The van der Waals surface area contributed by atoms with E-state index >= 15 is 0 Å². The Balaban J connectivity index is 0.000000363. The van der Waals surface area contributed by atoms with Gasteiger partial charge in [0.2, 0.25) is 9.23 Å². The number of amides is 2. The van der Waals surface area contributed by atoms with Gasteiger partial charge in [0.15, 0.2) is 0 Å². The minimum absolute atomic E-state index is 0. The molecule has 2 amide bonds. The van der Waals surface area contributed by atoms with Crippen molar-refractivity contribution in [2.24, 2.45) is 0 Å². The number of hydrogen-bond donors (Lipinski definition) is 5. The van der Waals surface area contributed by atoms with E-state index in [0.29, 0.717) is 58.8 Å². The summed E-state index contributed by atoms with van der Waals surface area (Å²) in [5, 5.41) is 20.8. The van der Waals surface area contributed by atoms with Crippen molar-refractivity contribution in [2.75, 3.05) is 30.6 Å². The SMILES string of the molecule is COC(=O)c1ccc(-c2ccccc2)cc1N.COC(=O)c1ccc(-c2ccccc2)cc1NC(=O)c1cc(Cl)cc(C(F)(F)F)c1.O=C(Cl)c1cc(Cl)cc(C(F)(F)F)c1.O=C(Nc1cc(-c2ccccc2)ccc1C(=O)O)c1cc(Cl)cc(C(F)(F)F)c1.O=C(O)c1cc(Cl)cc(C(F)(F)F)c1.O=S(Cl)Cl.[K+].[OH-]. The fourth-order valence-electron chi connectivity index (χ4n) is 8.96. The van der Waals surface area contributed by atoms with Gasteiger partial charge in [0.25, 0.3) is 17.1 Å². The van der Waals surface area contributed by atoms with Crippen molar-refractivity contribution in [1.29, 1.82) is 0 Å². The van der Waals surface area contributed by atoms with Gasteiger partial charge in [-0.05, 0) is 154 Å². The molecule has 574 valence electrons. The average Bonchev–Trinajstić information content (AvgIpc) is 0.813. The summed E-state index contributed by atoms with van der Waals surface area (Å²) >= 11 is 27.2. The predicted octanol–water partition coefficient (Wildman–Crippen LogP) is 19.4. The molecule has 110 heavy (non-hydrogen) atoms. The van der Waals surface area contributed by atoms with E-state index in [-0.39, 0.29) is 116 Å². The number of anilines is 3. The molecule has 7 N–H and O–H groups in total. The van der Waals surface area contributed by atoms with E-state index < -0.39 is 103 Å². The maximum absolute atomic E-state index is 13.0. The number of carbonyl (C=O) groups is 7. The van der Waals surface area contributed by atoms with E-state index in [9.17, 15) is 91.4 Å². The number of carbonyl (C=O) groups excluding carboxylic acids is 5. The summed E-state index contributed by atoms with van der Waals surface area (Å²) in [6.45, 7) is 0. The molecule has 0 radical (unpaired) electrons. The Morgan fingerprint density at radius 3 is 0.955 bits per heavy atom. The first-order chi connectivity index (χ1) is 50.4. The predicted molar refractivity (Wildman–Crippen MR) is 390 cm³/mol. The van der Waals surface area contributed by atoms with Crippen LogP contribution in [0.3, 0.4) is 0 Å². The van der Waals surface area contributed by atoms with Gasteiger partial charge in [-0.15, -0.1) is 0 Å². The molecule has 0 aliphatic rings. The molecule has 0 heterocycles. The zero-order chi connectivity index (χ0) is 80.8. The fourth-order valence-corrected chi connectivity index (χ4v) is 10.0. The Kier molecular flexibility index (Phi) is 37.6. The fraction of sp³-hybridized carbons (Fsp3) is 0.0822. The number of benzene rings is 10. The van der Waals surface area contributed by atoms with Crippen molar-refractivity contribution >= 4 is 147 Å². The zero-order valence-corrected chi connectivity index (χ0v) is 65.1. The van der Waals surface area contributed by atoms with Gasteiger partial charge in [-0.2, -0.15) is 52.7 Å². The van der Waals surface area contributed by atoms with Crippen molar-refractivity contribution in [1.82, 2.24) is 0 Å². The molecule has 0 aliphatic heterocycles. The second kappa shape index (κ2) is 43.3. The molecule has 0 unspecified atom stereocenters. The molecule has 0 fully saturated rings. The molecule has 0 saturated heterocycles. The van der Waals surface area contributed by atoms with Crippen LogP contribution in [0.25, 0.3) is 33.4 Å². The summed E-state index contributed by atoms with van der Waals surface area (Å²) in [6.07, 6.45) is -18.5. The first-order valence-electron chi connectivity index (χ1n) is 29.5. The summed E-state index contributed by atoms with van der Waals surface area (Å²) < 4.78 is 170. The van der Waals surface area contributed by atoms with Gasteiger partial charge >= 0.3 is 100.0 Å². The molecule has 10 aromatic carbocycles. The van der Waals surface area contributed by atoms with Crippen LogP contribution in [0.15, 0.2) is 218 Å². The van der Waals surface area contributed by atoms with Crippen LogP contribution in [0, 0.1) is 0 Å².